The third-order valence-corrected chi connectivity index (χ3v) is 3.50. The highest BCUT2D eigenvalue weighted by Gasteiger charge is 2.26. The lowest BCUT2D eigenvalue weighted by molar-refractivity contribution is 0.0687. The molecule has 1 aromatic rings. The number of likely N-dealkylation sites (tertiary alicyclic amines) is 1. The first-order valence-corrected chi connectivity index (χ1v) is 6.17. The van der Waals surface area contributed by atoms with E-state index >= 15 is 0 Å². The standard InChI is InChI=1S/C13H15F3N2O.ClH/c14-10-2-1-9(11(15)12(10)16)13(19)18-5-3-8(7-17)4-6-18;/h1-2,8H,3-7,17H2;1H. The fourth-order valence-corrected chi connectivity index (χ4v) is 2.23. The van der Waals surface area contributed by atoms with E-state index in [9.17, 15) is 18.0 Å². The number of amides is 1. The molecule has 1 aliphatic rings. The van der Waals surface area contributed by atoms with Crippen LogP contribution < -0.4 is 5.73 Å². The topological polar surface area (TPSA) is 46.3 Å². The Labute approximate surface area is 121 Å². The third kappa shape index (κ3) is 3.24. The highest BCUT2D eigenvalue weighted by atomic mass is 35.5. The molecule has 1 heterocycles. The van der Waals surface area contributed by atoms with Gasteiger partial charge in [0, 0.05) is 13.1 Å². The van der Waals surface area contributed by atoms with Gasteiger partial charge < -0.3 is 10.6 Å². The van der Waals surface area contributed by atoms with Crippen molar-refractivity contribution in [1.29, 1.82) is 0 Å². The van der Waals surface area contributed by atoms with Gasteiger partial charge in [0.05, 0.1) is 5.56 Å². The predicted molar refractivity (Wildman–Crippen MR) is 71.2 cm³/mol. The molecule has 1 aromatic carbocycles. The van der Waals surface area contributed by atoms with Crippen molar-refractivity contribution < 1.29 is 18.0 Å². The van der Waals surface area contributed by atoms with Gasteiger partial charge >= 0.3 is 0 Å². The zero-order valence-electron chi connectivity index (χ0n) is 10.7. The molecule has 0 aliphatic carbocycles. The molecule has 3 nitrogen and oxygen atoms in total. The summed E-state index contributed by atoms with van der Waals surface area (Å²) >= 11 is 0. The first-order valence-electron chi connectivity index (χ1n) is 6.17. The van der Waals surface area contributed by atoms with Gasteiger partial charge in [0.15, 0.2) is 17.5 Å². The SMILES string of the molecule is Cl.NCC1CCN(C(=O)c2ccc(F)c(F)c2F)CC1. The van der Waals surface area contributed by atoms with E-state index in [4.69, 9.17) is 5.73 Å². The Bertz CT molecular complexity index is 491. The van der Waals surface area contributed by atoms with Gasteiger partial charge in [-0.2, -0.15) is 0 Å². The quantitative estimate of drug-likeness (QED) is 0.852. The van der Waals surface area contributed by atoms with E-state index in [1.807, 2.05) is 0 Å². The Morgan fingerprint density at radius 2 is 1.80 bits per heavy atom. The summed E-state index contributed by atoms with van der Waals surface area (Å²) in [5, 5.41) is 0. The van der Waals surface area contributed by atoms with Crippen molar-refractivity contribution in [3.05, 3.63) is 35.1 Å². The smallest absolute Gasteiger partial charge is 0.256 e. The molecule has 2 rings (SSSR count). The number of benzene rings is 1. The van der Waals surface area contributed by atoms with Crippen molar-refractivity contribution in [3.63, 3.8) is 0 Å². The van der Waals surface area contributed by atoms with E-state index in [1.165, 1.54) is 4.90 Å². The van der Waals surface area contributed by atoms with Gasteiger partial charge in [0.1, 0.15) is 0 Å². The average Bonchev–Trinajstić information content (AvgIpc) is 2.44. The second-order valence-electron chi connectivity index (χ2n) is 4.69. The van der Waals surface area contributed by atoms with Gasteiger partial charge in [-0.3, -0.25) is 4.79 Å². The van der Waals surface area contributed by atoms with Gasteiger partial charge in [-0.15, -0.1) is 12.4 Å². The zero-order valence-corrected chi connectivity index (χ0v) is 11.6. The van der Waals surface area contributed by atoms with Crippen LogP contribution in [0.2, 0.25) is 0 Å². The molecule has 0 atom stereocenters. The number of hydrogen-bond donors (Lipinski definition) is 1. The van der Waals surface area contributed by atoms with E-state index in [1.54, 1.807) is 0 Å². The lowest BCUT2D eigenvalue weighted by Gasteiger charge is -2.31. The normalized spacial score (nSPS) is 15.9. The van der Waals surface area contributed by atoms with Crippen LogP contribution >= 0.6 is 12.4 Å². The summed E-state index contributed by atoms with van der Waals surface area (Å²) in [7, 11) is 0. The summed E-state index contributed by atoms with van der Waals surface area (Å²) < 4.78 is 39.4. The van der Waals surface area contributed by atoms with Crippen molar-refractivity contribution >= 4 is 18.3 Å². The molecule has 7 heteroatoms. The summed E-state index contributed by atoms with van der Waals surface area (Å²) in [5.41, 5.74) is 5.12. The minimum Gasteiger partial charge on any atom is -0.339 e. The van der Waals surface area contributed by atoms with Gasteiger partial charge in [-0.05, 0) is 37.4 Å². The minimum absolute atomic E-state index is 0. The summed E-state index contributed by atoms with van der Waals surface area (Å²) in [6.07, 6.45) is 1.49. The molecule has 1 saturated heterocycles. The summed E-state index contributed by atoms with van der Waals surface area (Å²) in [5.74, 6) is -4.57. The van der Waals surface area contributed by atoms with Crippen LogP contribution in [0.25, 0.3) is 0 Å². The second kappa shape index (κ2) is 6.95. The Morgan fingerprint density at radius 3 is 2.35 bits per heavy atom. The molecular formula is C13H16ClF3N2O. The molecule has 0 radical (unpaired) electrons. The first-order chi connectivity index (χ1) is 9.04. The van der Waals surface area contributed by atoms with E-state index in [-0.39, 0.29) is 12.4 Å². The van der Waals surface area contributed by atoms with Gasteiger partial charge in [-0.1, -0.05) is 0 Å². The number of carbonyl (C=O) groups is 1. The molecule has 112 valence electrons. The fourth-order valence-electron chi connectivity index (χ4n) is 2.23. The molecule has 0 bridgehead atoms. The highest BCUT2D eigenvalue weighted by Crippen LogP contribution is 2.21. The summed E-state index contributed by atoms with van der Waals surface area (Å²) in [4.78, 5) is 13.5. The molecule has 1 amide bonds. The average molecular weight is 309 g/mol. The number of nitrogens with two attached hydrogens (primary N) is 1. The zero-order chi connectivity index (χ0) is 14.0. The monoisotopic (exact) mass is 308 g/mol. The maximum Gasteiger partial charge on any atom is 0.256 e. The Kier molecular flexibility index (Phi) is 5.83. The predicted octanol–water partition coefficient (Wildman–Crippen LogP) is 2.34. The molecule has 20 heavy (non-hydrogen) atoms. The van der Waals surface area contributed by atoms with Gasteiger partial charge in [0.25, 0.3) is 5.91 Å². The van der Waals surface area contributed by atoms with Crippen LogP contribution in [0, 0.1) is 23.4 Å². The van der Waals surface area contributed by atoms with E-state index in [2.05, 4.69) is 0 Å². The number of carbonyl (C=O) groups excluding carboxylic acids is 1. The van der Waals surface area contributed by atoms with Crippen molar-refractivity contribution in [2.75, 3.05) is 19.6 Å². The van der Waals surface area contributed by atoms with Crippen molar-refractivity contribution in [2.24, 2.45) is 11.7 Å². The molecule has 0 spiro atoms. The van der Waals surface area contributed by atoms with Crippen LogP contribution in [0.15, 0.2) is 12.1 Å². The van der Waals surface area contributed by atoms with Gasteiger partial charge in [0.2, 0.25) is 0 Å². The second-order valence-corrected chi connectivity index (χ2v) is 4.69. The lowest BCUT2D eigenvalue weighted by atomic mass is 9.96. The molecule has 0 unspecified atom stereocenters. The molecule has 1 fully saturated rings. The van der Waals surface area contributed by atoms with E-state index < -0.39 is 28.9 Å². The number of nitrogens with zero attached hydrogens (tertiary/aromatic N) is 1. The number of hydrogen-bond acceptors (Lipinski definition) is 2. The van der Waals surface area contributed by atoms with Crippen LogP contribution in [0.3, 0.4) is 0 Å². The molecule has 1 aliphatic heterocycles. The van der Waals surface area contributed by atoms with Crippen LogP contribution in [0.1, 0.15) is 23.2 Å². The first kappa shape index (κ1) is 16.8. The van der Waals surface area contributed by atoms with Crippen LogP contribution in [-0.2, 0) is 0 Å². The molecule has 0 aromatic heterocycles. The van der Waals surface area contributed by atoms with Crippen molar-refractivity contribution in [2.45, 2.75) is 12.8 Å². The Hall–Kier alpha value is -1.27. The van der Waals surface area contributed by atoms with Crippen LogP contribution in [-0.4, -0.2) is 30.4 Å². The molecular weight excluding hydrogens is 293 g/mol. The van der Waals surface area contributed by atoms with Crippen molar-refractivity contribution in [1.82, 2.24) is 4.90 Å². The minimum atomic E-state index is -1.61. The molecule has 0 saturated carbocycles. The van der Waals surface area contributed by atoms with Crippen LogP contribution in [0.4, 0.5) is 13.2 Å². The van der Waals surface area contributed by atoms with Crippen molar-refractivity contribution in [3.8, 4) is 0 Å². The number of halogens is 4. The van der Waals surface area contributed by atoms with Crippen LogP contribution in [0.5, 0.6) is 0 Å². The number of rotatable bonds is 2. The Morgan fingerprint density at radius 1 is 1.20 bits per heavy atom. The fraction of sp³-hybridized carbons (Fsp3) is 0.462. The molecule has 2 N–H and O–H groups in total. The lowest BCUT2D eigenvalue weighted by Crippen LogP contribution is -2.40. The Balaban J connectivity index is 0.00000200. The largest absolute Gasteiger partial charge is 0.339 e. The maximum absolute atomic E-state index is 13.5. The van der Waals surface area contributed by atoms with E-state index in [0.29, 0.717) is 25.6 Å². The summed E-state index contributed by atoms with van der Waals surface area (Å²) in [6.45, 7) is 1.47. The maximum atomic E-state index is 13.5. The van der Waals surface area contributed by atoms with Gasteiger partial charge in [-0.25, -0.2) is 13.2 Å². The number of piperidine rings is 1. The highest BCUT2D eigenvalue weighted by molar-refractivity contribution is 5.94. The summed E-state index contributed by atoms with van der Waals surface area (Å²) in [6, 6.07) is 1.74. The van der Waals surface area contributed by atoms with E-state index in [0.717, 1.165) is 25.0 Å². The third-order valence-electron chi connectivity index (χ3n) is 3.50.